The summed E-state index contributed by atoms with van der Waals surface area (Å²) in [6.45, 7) is 2.00. The van der Waals surface area contributed by atoms with E-state index in [1.165, 1.54) is 25.7 Å². The highest BCUT2D eigenvalue weighted by Gasteiger charge is 2.09. The molecule has 0 amide bonds. The van der Waals surface area contributed by atoms with Crippen LogP contribution in [0.5, 0.6) is 0 Å². The van der Waals surface area contributed by atoms with Crippen LogP contribution >= 0.6 is 0 Å². The SMILES string of the molecule is C1CCOC1.OC1CCCC1. The maximum atomic E-state index is 8.73. The predicted molar refractivity (Wildman–Crippen MR) is 44.5 cm³/mol. The van der Waals surface area contributed by atoms with Crippen LogP contribution in [0.1, 0.15) is 38.5 Å². The van der Waals surface area contributed by atoms with Crippen LogP contribution in [0.25, 0.3) is 0 Å². The van der Waals surface area contributed by atoms with Crippen molar-refractivity contribution >= 4 is 0 Å². The summed E-state index contributed by atoms with van der Waals surface area (Å²) in [6, 6.07) is 0. The van der Waals surface area contributed by atoms with Gasteiger partial charge in [-0.3, -0.25) is 0 Å². The molecule has 2 nitrogen and oxygen atoms in total. The molecule has 66 valence electrons. The first-order chi connectivity index (χ1) is 5.39. The van der Waals surface area contributed by atoms with Crippen LogP contribution in [0.2, 0.25) is 0 Å². The smallest absolute Gasteiger partial charge is 0.0540 e. The zero-order valence-corrected chi connectivity index (χ0v) is 7.09. The topological polar surface area (TPSA) is 29.5 Å². The molecule has 1 saturated heterocycles. The van der Waals surface area contributed by atoms with E-state index in [-0.39, 0.29) is 6.10 Å². The molecule has 0 bridgehead atoms. The van der Waals surface area contributed by atoms with E-state index in [4.69, 9.17) is 9.84 Å². The number of hydrogen-bond acceptors (Lipinski definition) is 2. The van der Waals surface area contributed by atoms with Crippen molar-refractivity contribution in [1.82, 2.24) is 0 Å². The first kappa shape index (κ1) is 9.01. The molecular formula is C9H18O2. The number of ether oxygens (including phenoxy) is 1. The summed E-state index contributed by atoms with van der Waals surface area (Å²) in [6.07, 6.45) is 7.16. The Morgan fingerprint density at radius 1 is 0.909 bits per heavy atom. The quantitative estimate of drug-likeness (QED) is 0.581. The highest BCUT2D eigenvalue weighted by atomic mass is 16.5. The first-order valence-corrected chi connectivity index (χ1v) is 4.65. The molecule has 0 aromatic carbocycles. The standard InChI is InChI=1S/C5H10O.C4H8O/c6-5-3-1-2-4-5;1-2-4-5-3-1/h5-6H,1-4H2;1-4H2. The van der Waals surface area contributed by atoms with Crippen LogP contribution in [0.3, 0.4) is 0 Å². The Kier molecular flexibility index (Phi) is 4.55. The molecule has 0 atom stereocenters. The third-order valence-electron chi connectivity index (χ3n) is 2.15. The molecule has 1 aliphatic heterocycles. The Hall–Kier alpha value is -0.0800. The average Bonchev–Trinajstić information content (AvgIpc) is 2.57. The van der Waals surface area contributed by atoms with Gasteiger partial charge in [0.1, 0.15) is 0 Å². The van der Waals surface area contributed by atoms with Crippen LogP contribution in [-0.2, 0) is 4.74 Å². The van der Waals surface area contributed by atoms with Crippen LogP contribution in [0, 0.1) is 0 Å². The number of aliphatic hydroxyl groups excluding tert-OH is 1. The van der Waals surface area contributed by atoms with Crippen molar-refractivity contribution in [3.63, 3.8) is 0 Å². The van der Waals surface area contributed by atoms with Gasteiger partial charge in [-0.25, -0.2) is 0 Å². The largest absolute Gasteiger partial charge is 0.393 e. The molecule has 1 saturated carbocycles. The molecule has 11 heavy (non-hydrogen) atoms. The molecule has 2 heteroatoms. The number of aliphatic hydroxyl groups is 1. The molecule has 1 N–H and O–H groups in total. The van der Waals surface area contributed by atoms with Gasteiger partial charge in [0.05, 0.1) is 6.10 Å². The highest BCUT2D eigenvalue weighted by Crippen LogP contribution is 2.16. The van der Waals surface area contributed by atoms with E-state index in [1.807, 2.05) is 0 Å². The fourth-order valence-electron chi connectivity index (χ4n) is 1.41. The molecule has 0 aromatic rings. The van der Waals surface area contributed by atoms with Crippen molar-refractivity contribution in [2.75, 3.05) is 13.2 Å². The van der Waals surface area contributed by atoms with E-state index in [9.17, 15) is 0 Å². The van der Waals surface area contributed by atoms with Crippen molar-refractivity contribution in [2.45, 2.75) is 44.6 Å². The van der Waals surface area contributed by atoms with Gasteiger partial charge in [-0.2, -0.15) is 0 Å². The maximum Gasteiger partial charge on any atom is 0.0540 e. The normalized spacial score (nSPS) is 24.8. The van der Waals surface area contributed by atoms with Gasteiger partial charge >= 0.3 is 0 Å². The molecular weight excluding hydrogens is 140 g/mol. The lowest BCUT2D eigenvalue weighted by atomic mass is 10.3. The van der Waals surface area contributed by atoms with E-state index in [0.29, 0.717) is 0 Å². The molecule has 0 aromatic heterocycles. The summed E-state index contributed by atoms with van der Waals surface area (Å²) in [5.74, 6) is 0. The summed E-state index contributed by atoms with van der Waals surface area (Å²) >= 11 is 0. The van der Waals surface area contributed by atoms with Crippen molar-refractivity contribution in [2.24, 2.45) is 0 Å². The predicted octanol–water partition coefficient (Wildman–Crippen LogP) is 1.72. The van der Waals surface area contributed by atoms with Crippen LogP contribution in [-0.4, -0.2) is 24.4 Å². The zero-order valence-electron chi connectivity index (χ0n) is 7.09. The van der Waals surface area contributed by atoms with Gasteiger partial charge in [-0.1, -0.05) is 12.8 Å². The van der Waals surface area contributed by atoms with Gasteiger partial charge in [0.15, 0.2) is 0 Å². The van der Waals surface area contributed by atoms with Gasteiger partial charge in [-0.05, 0) is 25.7 Å². The lowest BCUT2D eigenvalue weighted by Gasteiger charge is -1.91. The van der Waals surface area contributed by atoms with Crippen LogP contribution in [0.4, 0.5) is 0 Å². The maximum absolute atomic E-state index is 8.73. The number of hydrogen-bond donors (Lipinski definition) is 1. The Bertz CT molecular complexity index is 76.0. The van der Waals surface area contributed by atoms with Gasteiger partial charge < -0.3 is 9.84 Å². The van der Waals surface area contributed by atoms with Crippen molar-refractivity contribution < 1.29 is 9.84 Å². The molecule has 0 spiro atoms. The van der Waals surface area contributed by atoms with E-state index < -0.39 is 0 Å². The monoisotopic (exact) mass is 158 g/mol. The lowest BCUT2D eigenvalue weighted by Crippen LogP contribution is -1.94. The molecule has 1 aliphatic carbocycles. The van der Waals surface area contributed by atoms with Crippen molar-refractivity contribution in [3.8, 4) is 0 Å². The minimum atomic E-state index is 0.0463. The second-order valence-corrected chi connectivity index (χ2v) is 3.26. The third kappa shape index (κ3) is 4.38. The minimum Gasteiger partial charge on any atom is -0.393 e. The minimum absolute atomic E-state index is 0.0463. The first-order valence-electron chi connectivity index (χ1n) is 4.65. The summed E-state index contributed by atoms with van der Waals surface area (Å²) in [5.41, 5.74) is 0. The number of rotatable bonds is 0. The van der Waals surface area contributed by atoms with E-state index in [2.05, 4.69) is 0 Å². The summed E-state index contributed by atoms with van der Waals surface area (Å²) < 4.78 is 4.94. The van der Waals surface area contributed by atoms with Crippen LogP contribution < -0.4 is 0 Å². The lowest BCUT2D eigenvalue weighted by molar-refractivity contribution is 0.183. The fraction of sp³-hybridized carbons (Fsp3) is 1.00. The van der Waals surface area contributed by atoms with Crippen molar-refractivity contribution in [1.29, 1.82) is 0 Å². The van der Waals surface area contributed by atoms with Gasteiger partial charge in [0, 0.05) is 13.2 Å². The Morgan fingerprint density at radius 3 is 1.64 bits per heavy atom. The Balaban J connectivity index is 0.000000112. The van der Waals surface area contributed by atoms with Crippen LogP contribution in [0.15, 0.2) is 0 Å². The zero-order chi connectivity index (χ0) is 7.94. The van der Waals surface area contributed by atoms with Gasteiger partial charge in [0.25, 0.3) is 0 Å². The van der Waals surface area contributed by atoms with E-state index in [0.717, 1.165) is 26.1 Å². The second-order valence-electron chi connectivity index (χ2n) is 3.26. The summed E-state index contributed by atoms with van der Waals surface area (Å²) in [5, 5.41) is 8.73. The van der Waals surface area contributed by atoms with E-state index in [1.54, 1.807) is 0 Å². The Labute approximate surface area is 68.6 Å². The third-order valence-corrected chi connectivity index (χ3v) is 2.15. The molecule has 1 heterocycles. The fourth-order valence-corrected chi connectivity index (χ4v) is 1.41. The van der Waals surface area contributed by atoms with Gasteiger partial charge in [-0.15, -0.1) is 0 Å². The van der Waals surface area contributed by atoms with E-state index >= 15 is 0 Å². The van der Waals surface area contributed by atoms with Crippen molar-refractivity contribution in [3.05, 3.63) is 0 Å². The Morgan fingerprint density at radius 2 is 1.45 bits per heavy atom. The summed E-state index contributed by atoms with van der Waals surface area (Å²) in [4.78, 5) is 0. The molecule has 0 unspecified atom stereocenters. The summed E-state index contributed by atoms with van der Waals surface area (Å²) in [7, 11) is 0. The second kappa shape index (κ2) is 5.56. The molecule has 2 rings (SSSR count). The molecule has 2 fully saturated rings. The van der Waals surface area contributed by atoms with Gasteiger partial charge in [0.2, 0.25) is 0 Å². The average molecular weight is 158 g/mol. The highest BCUT2D eigenvalue weighted by molar-refractivity contribution is 4.63. The molecule has 0 radical (unpaired) electrons. The molecule has 2 aliphatic rings.